The van der Waals surface area contributed by atoms with Crippen LogP contribution >= 0.6 is 0 Å². The quantitative estimate of drug-likeness (QED) is 0.727. The zero-order valence-electron chi connectivity index (χ0n) is 9.02. The summed E-state index contributed by atoms with van der Waals surface area (Å²) in [5.74, 6) is 0. The molecule has 2 rings (SSSR count). The zero-order chi connectivity index (χ0) is 11.0. The number of aromatic nitrogens is 3. The van der Waals surface area contributed by atoms with Crippen molar-refractivity contribution in [3.8, 4) is 6.01 Å². The molecule has 15 heavy (non-hydrogen) atoms. The molecule has 0 unspecified atom stereocenters. The first-order valence-electron chi connectivity index (χ1n) is 4.80. The Bertz CT molecular complexity index is 554. The number of hydrogen-bond acceptors (Lipinski definition) is 3. The van der Waals surface area contributed by atoms with E-state index < -0.39 is 0 Å². The molecule has 5 nitrogen and oxygen atoms in total. The number of rotatable bonds is 2. The van der Waals surface area contributed by atoms with Crippen molar-refractivity contribution in [1.29, 1.82) is 0 Å². The van der Waals surface area contributed by atoms with Crippen LogP contribution in [0.25, 0.3) is 11.0 Å². The van der Waals surface area contributed by atoms with Crippen LogP contribution in [0.2, 0.25) is 0 Å². The highest BCUT2D eigenvalue weighted by molar-refractivity contribution is 5.75. The lowest BCUT2D eigenvalue weighted by atomic mass is 10.4. The molecule has 0 bridgehead atoms. The van der Waals surface area contributed by atoms with E-state index in [-0.39, 0.29) is 5.56 Å². The standard InChI is InChI=1S/C10H13N3O2/c1-4-15-10-11-8-7(5-6-12(8)2)9(14)13(10)3/h5-6H,4H2,1-3H3. The van der Waals surface area contributed by atoms with Crippen LogP contribution in [0.4, 0.5) is 0 Å². The number of fused-ring (bicyclic) bond motifs is 1. The first kappa shape index (κ1) is 9.76. The predicted octanol–water partition coefficient (Wildman–Crippen LogP) is 0.671. The average molecular weight is 207 g/mol. The third-order valence-electron chi connectivity index (χ3n) is 2.34. The van der Waals surface area contributed by atoms with E-state index in [0.29, 0.717) is 23.7 Å². The van der Waals surface area contributed by atoms with Gasteiger partial charge < -0.3 is 9.30 Å². The molecular weight excluding hydrogens is 194 g/mol. The second-order valence-electron chi connectivity index (χ2n) is 3.36. The van der Waals surface area contributed by atoms with Crippen LogP contribution in [0.3, 0.4) is 0 Å². The molecule has 0 atom stereocenters. The van der Waals surface area contributed by atoms with Crippen molar-refractivity contribution in [1.82, 2.24) is 14.1 Å². The lowest BCUT2D eigenvalue weighted by Gasteiger charge is -2.07. The fourth-order valence-corrected chi connectivity index (χ4v) is 1.52. The van der Waals surface area contributed by atoms with E-state index in [1.165, 1.54) is 4.57 Å². The fourth-order valence-electron chi connectivity index (χ4n) is 1.52. The van der Waals surface area contributed by atoms with Crippen molar-refractivity contribution in [2.75, 3.05) is 6.61 Å². The third-order valence-corrected chi connectivity index (χ3v) is 2.34. The van der Waals surface area contributed by atoms with Crippen LogP contribution in [-0.4, -0.2) is 20.7 Å². The summed E-state index contributed by atoms with van der Waals surface area (Å²) in [4.78, 5) is 16.2. The van der Waals surface area contributed by atoms with Gasteiger partial charge in [0, 0.05) is 20.3 Å². The molecule has 0 fully saturated rings. The maximum absolute atomic E-state index is 11.9. The largest absolute Gasteiger partial charge is 0.465 e. The van der Waals surface area contributed by atoms with Gasteiger partial charge in [0.15, 0.2) is 5.65 Å². The molecular formula is C10H13N3O2. The Morgan fingerprint density at radius 2 is 2.20 bits per heavy atom. The summed E-state index contributed by atoms with van der Waals surface area (Å²) in [6.07, 6.45) is 1.81. The van der Waals surface area contributed by atoms with Gasteiger partial charge in [-0.1, -0.05) is 0 Å². The van der Waals surface area contributed by atoms with E-state index in [4.69, 9.17) is 4.74 Å². The molecule has 2 aromatic rings. The number of hydrogen-bond donors (Lipinski definition) is 0. The van der Waals surface area contributed by atoms with E-state index in [1.54, 1.807) is 17.7 Å². The number of ether oxygens (including phenoxy) is 1. The summed E-state index contributed by atoms with van der Waals surface area (Å²) < 4.78 is 8.52. The summed E-state index contributed by atoms with van der Waals surface area (Å²) in [5.41, 5.74) is 0.575. The third kappa shape index (κ3) is 1.40. The van der Waals surface area contributed by atoms with E-state index >= 15 is 0 Å². The zero-order valence-corrected chi connectivity index (χ0v) is 9.02. The molecule has 0 spiro atoms. The van der Waals surface area contributed by atoms with E-state index in [9.17, 15) is 4.79 Å². The van der Waals surface area contributed by atoms with Crippen LogP contribution in [0, 0.1) is 0 Å². The van der Waals surface area contributed by atoms with Gasteiger partial charge in [0.25, 0.3) is 5.56 Å². The maximum Gasteiger partial charge on any atom is 0.300 e. The normalized spacial score (nSPS) is 10.9. The molecule has 5 heteroatoms. The first-order chi connectivity index (χ1) is 7.15. The molecule has 0 saturated heterocycles. The van der Waals surface area contributed by atoms with Gasteiger partial charge in [-0.2, -0.15) is 4.98 Å². The van der Waals surface area contributed by atoms with Gasteiger partial charge in [0.1, 0.15) is 0 Å². The Kier molecular flexibility index (Phi) is 2.22. The lowest BCUT2D eigenvalue weighted by molar-refractivity contribution is 0.297. The van der Waals surface area contributed by atoms with Crippen molar-refractivity contribution >= 4 is 11.0 Å². The first-order valence-corrected chi connectivity index (χ1v) is 4.80. The number of aryl methyl sites for hydroxylation is 1. The van der Waals surface area contributed by atoms with Gasteiger partial charge in [-0.25, -0.2) is 0 Å². The lowest BCUT2D eigenvalue weighted by Crippen LogP contribution is -2.20. The molecule has 80 valence electrons. The monoisotopic (exact) mass is 207 g/mol. The Morgan fingerprint density at radius 1 is 1.47 bits per heavy atom. The molecule has 0 saturated carbocycles. The van der Waals surface area contributed by atoms with Gasteiger partial charge in [-0.15, -0.1) is 0 Å². The van der Waals surface area contributed by atoms with Gasteiger partial charge in [-0.05, 0) is 13.0 Å². The Labute approximate surface area is 86.9 Å². The minimum atomic E-state index is -0.0796. The Hall–Kier alpha value is -1.78. The molecule has 0 amide bonds. The summed E-state index contributed by atoms with van der Waals surface area (Å²) >= 11 is 0. The van der Waals surface area contributed by atoms with Crippen LogP contribution in [0.5, 0.6) is 6.01 Å². The fraction of sp³-hybridized carbons (Fsp3) is 0.400. The van der Waals surface area contributed by atoms with Gasteiger partial charge >= 0.3 is 6.01 Å². The van der Waals surface area contributed by atoms with Crippen LogP contribution in [0.15, 0.2) is 17.1 Å². The van der Waals surface area contributed by atoms with Gasteiger partial charge in [0.2, 0.25) is 0 Å². The molecule has 0 aliphatic heterocycles. The topological polar surface area (TPSA) is 49.1 Å². The van der Waals surface area contributed by atoms with Gasteiger partial charge in [0.05, 0.1) is 12.0 Å². The van der Waals surface area contributed by atoms with Gasteiger partial charge in [-0.3, -0.25) is 9.36 Å². The average Bonchev–Trinajstić information content (AvgIpc) is 2.57. The second-order valence-corrected chi connectivity index (χ2v) is 3.36. The van der Waals surface area contributed by atoms with Crippen molar-refractivity contribution in [3.63, 3.8) is 0 Å². The summed E-state index contributed by atoms with van der Waals surface area (Å²) in [7, 11) is 3.51. The van der Waals surface area contributed by atoms with Crippen molar-refractivity contribution in [2.24, 2.45) is 14.1 Å². The predicted molar refractivity (Wildman–Crippen MR) is 57.1 cm³/mol. The molecule has 2 heterocycles. The van der Waals surface area contributed by atoms with Crippen LogP contribution in [-0.2, 0) is 14.1 Å². The highest BCUT2D eigenvalue weighted by atomic mass is 16.5. The van der Waals surface area contributed by atoms with Crippen molar-refractivity contribution < 1.29 is 4.74 Å². The SMILES string of the molecule is CCOc1nc2c(ccn2C)c(=O)n1C. The maximum atomic E-state index is 11.9. The Morgan fingerprint density at radius 3 is 2.87 bits per heavy atom. The minimum Gasteiger partial charge on any atom is -0.465 e. The van der Waals surface area contributed by atoms with E-state index in [2.05, 4.69) is 4.98 Å². The molecule has 2 aromatic heterocycles. The van der Waals surface area contributed by atoms with Crippen molar-refractivity contribution in [2.45, 2.75) is 6.92 Å². The smallest absolute Gasteiger partial charge is 0.300 e. The molecule has 0 radical (unpaired) electrons. The second kappa shape index (κ2) is 3.42. The van der Waals surface area contributed by atoms with E-state index in [1.807, 2.05) is 20.2 Å². The summed E-state index contributed by atoms with van der Waals surface area (Å²) in [6.45, 7) is 2.36. The van der Waals surface area contributed by atoms with Crippen molar-refractivity contribution in [3.05, 3.63) is 22.6 Å². The van der Waals surface area contributed by atoms with Crippen LogP contribution < -0.4 is 10.3 Å². The van der Waals surface area contributed by atoms with E-state index in [0.717, 1.165) is 0 Å². The van der Waals surface area contributed by atoms with Crippen LogP contribution in [0.1, 0.15) is 6.92 Å². The molecule has 0 aliphatic rings. The molecule has 0 aliphatic carbocycles. The highest BCUT2D eigenvalue weighted by Crippen LogP contribution is 2.12. The minimum absolute atomic E-state index is 0.0796. The summed E-state index contributed by atoms with van der Waals surface area (Å²) in [5, 5.41) is 0.614. The molecule has 0 aromatic carbocycles. The highest BCUT2D eigenvalue weighted by Gasteiger charge is 2.10. The molecule has 0 N–H and O–H groups in total. The Balaban J connectivity index is 2.79. The number of nitrogens with zero attached hydrogens (tertiary/aromatic N) is 3. The summed E-state index contributed by atoms with van der Waals surface area (Å²) in [6, 6.07) is 2.12.